The third kappa shape index (κ3) is 1.91. The van der Waals surface area contributed by atoms with Crippen molar-refractivity contribution in [1.82, 2.24) is 0 Å². The van der Waals surface area contributed by atoms with Gasteiger partial charge in [-0.2, -0.15) is 0 Å². The molecule has 0 heterocycles. The van der Waals surface area contributed by atoms with E-state index < -0.39 is 0 Å². The number of esters is 1. The summed E-state index contributed by atoms with van der Waals surface area (Å²) in [5.41, 5.74) is 3.51. The van der Waals surface area contributed by atoms with Crippen LogP contribution in [0.5, 0.6) is 0 Å². The van der Waals surface area contributed by atoms with Crippen LogP contribution in [0.2, 0.25) is 0 Å². The second kappa shape index (κ2) is 5.13. The number of carbonyl (C=O) groups is 1. The van der Waals surface area contributed by atoms with Crippen molar-refractivity contribution in [2.24, 2.45) is 5.92 Å². The van der Waals surface area contributed by atoms with Crippen LogP contribution in [-0.2, 0) is 9.53 Å². The molecule has 0 radical (unpaired) electrons. The van der Waals surface area contributed by atoms with Gasteiger partial charge in [-0.3, -0.25) is 0 Å². The highest BCUT2D eigenvalue weighted by Crippen LogP contribution is 2.49. The Morgan fingerprint density at radius 2 is 1.77 bits per heavy atom. The Morgan fingerprint density at radius 1 is 1.09 bits per heavy atom. The van der Waals surface area contributed by atoms with Gasteiger partial charge in [-0.15, -0.1) is 0 Å². The Morgan fingerprint density at radius 3 is 2.45 bits per heavy atom. The van der Waals surface area contributed by atoms with Crippen LogP contribution in [0.3, 0.4) is 0 Å². The molecule has 0 saturated heterocycles. The second-order valence-corrected chi connectivity index (χ2v) is 6.06. The van der Waals surface area contributed by atoms with E-state index in [4.69, 9.17) is 4.74 Å². The number of allylic oxidation sites excluding steroid dienone is 1. The van der Waals surface area contributed by atoms with Gasteiger partial charge in [0.1, 0.15) is 5.76 Å². The first-order chi connectivity index (χ1) is 10.8. The Bertz CT molecular complexity index is 802. The largest absolute Gasteiger partial charge is 0.422 e. The van der Waals surface area contributed by atoms with Gasteiger partial charge in [0, 0.05) is 22.6 Å². The van der Waals surface area contributed by atoms with Crippen molar-refractivity contribution in [2.45, 2.75) is 25.7 Å². The lowest BCUT2D eigenvalue weighted by atomic mass is 9.92. The molecule has 2 aromatic carbocycles. The van der Waals surface area contributed by atoms with Crippen molar-refractivity contribution in [3.63, 3.8) is 0 Å². The lowest BCUT2D eigenvalue weighted by molar-refractivity contribution is -0.131. The van der Waals surface area contributed by atoms with Crippen LogP contribution in [0.25, 0.3) is 22.1 Å². The van der Waals surface area contributed by atoms with E-state index in [0.717, 1.165) is 11.3 Å². The predicted octanol–water partition coefficient (Wildman–Crippen LogP) is 4.94. The van der Waals surface area contributed by atoms with Gasteiger partial charge in [-0.05, 0) is 29.7 Å². The van der Waals surface area contributed by atoms with E-state index in [2.05, 4.69) is 36.9 Å². The summed E-state index contributed by atoms with van der Waals surface area (Å²) in [5.74, 6) is 0.865. The zero-order chi connectivity index (χ0) is 15.1. The highest BCUT2D eigenvalue weighted by Gasteiger charge is 2.32. The molecule has 0 unspecified atom stereocenters. The third-order valence-electron chi connectivity index (χ3n) is 4.82. The van der Waals surface area contributed by atoms with Crippen molar-refractivity contribution in [1.29, 1.82) is 0 Å². The van der Waals surface area contributed by atoms with Gasteiger partial charge >= 0.3 is 5.97 Å². The summed E-state index contributed by atoms with van der Waals surface area (Å²) < 4.78 is 5.68. The summed E-state index contributed by atoms with van der Waals surface area (Å²) in [6.45, 7) is 3.53. The van der Waals surface area contributed by atoms with Crippen LogP contribution in [0.1, 0.15) is 36.8 Å². The molecule has 0 spiro atoms. The molecule has 0 aliphatic heterocycles. The van der Waals surface area contributed by atoms with Crippen molar-refractivity contribution in [3.8, 4) is 0 Å². The van der Waals surface area contributed by atoms with Crippen LogP contribution >= 0.6 is 0 Å². The molecule has 110 valence electrons. The number of hydrogen-bond donors (Lipinski definition) is 0. The molecule has 2 aromatic rings. The first-order valence-corrected chi connectivity index (χ1v) is 7.90. The van der Waals surface area contributed by atoms with Crippen molar-refractivity contribution >= 4 is 28.1 Å². The summed E-state index contributed by atoms with van der Waals surface area (Å²) in [5, 5.41) is 2.42. The molecule has 0 amide bonds. The average Bonchev–Trinajstić information content (AvgIpc) is 3.16. The molecule has 0 aromatic heterocycles. The number of rotatable bonds is 3. The fourth-order valence-corrected chi connectivity index (χ4v) is 3.89. The molecule has 1 fully saturated rings. The smallest absolute Gasteiger partial charge is 0.335 e. The minimum absolute atomic E-state index is 0.379. The fourth-order valence-electron chi connectivity index (χ4n) is 3.89. The first-order valence-electron chi connectivity index (χ1n) is 7.90. The van der Waals surface area contributed by atoms with Crippen LogP contribution in [0, 0.1) is 5.92 Å². The topological polar surface area (TPSA) is 26.3 Å². The lowest BCUT2D eigenvalue weighted by Crippen LogP contribution is -2.04. The first kappa shape index (κ1) is 13.3. The molecule has 0 bridgehead atoms. The molecule has 0 atom stereocenters. The lowest BCUT2D eigenvalue weighted by Gasteiger charge is -2.15. The van der Waals surface area contributed by atoms with E-state index in [9.17, 15) is 4.79 Å². The van der Waals surface area contributed by atoms with Gasteiger partial charge in [0.05, 0.1) is 0 Å². The van der Waals surface area contributed by atoms with E-state index in [1.54, 1.807) is 0 Å². The summed E-state index contributed by atoms with van der Waals surface area (Å²) in [4.78, 5) is 11.8. The Hall–Kier alpha value is -2.35. The van der Waals surface area contributed by atoms with Crippen LogP contribution in [0.15, 0.2) is 49.1 Å². The standard InChI is InChI=1S/C20H18O2/c1-2-17(21)22-20-16-12-6-10-13-9-5-11-15(18(13)16)19(20)14-7-3-4-8-14/h2,5-6,9-12,14H,1,3-4,7-8H2. The van der Waals surface area contributed by atoms with E-state index in [0.29, 0.717) is 5.92 Å². The zero-order valence-corrected chi connectivity index (χ0v) is 12.5. The summed E-state index contributed by atoms with van der Waals surface area (Å²) in [7, 11) is 0. The Kier molecular flexibility index (Phi) is 3.11. The summed E-state index contributed by atoms with van der Waals surface area (Å²) in [6, 6.07) is 12.6. The van der Waals surface area contributed by atoms with E-state index in [-0.39, 0.29) is 5.97 Å². The minimum Gasteiger partial charge on any atom is -0.422 e. The predicted molar refractivity (Wildman–Crippen MR) is 89.0 cm³/mol. The maximum Gasteiger partial charge on any atom is 0.335 e. The molecular weight excluding hydrogens is 272 g/mol. The fraction of sp³-hybridized carbons (Fsp3) is 0.250. The van der Waals surface area contributed by atoms with Gasteiger partial charge in [0.2, 0.25) is 0 Å². The number of benzene rings is 2. The number of carbonyl (C=O) groups excluding carboxylic acids is 1. The molecule has 2 aliphatic rings. The second-order valence-electron chi connectivity index (χ2n) is 6.06. The van der Waals surface area contributed by atoms with Gasteiger partial charge in [-0.1, -0.05) is 55.8 Å². The minimum atomic E-state index is -0.379. The van der Waals surface area contributed by atoms with E-state index >= 15 is 0 Å². The Labute approximate surface area is 130 Å². The molecule has 1 saturated carbocycles. The molecule has 2 aliphatic carbocycles. The molecule has 0 N–H and O–H groups in total. The maximum atomic E-state index is 11.8. The molecule has 2 heteroatoms. The SMILES string of the molecule is C=CC(=O)OC1=C(C2CCCC2)c2cccc3cccc1c23. The summed E-state index contributed by atoms with van der Waals surface area (Å²) in [6.07, 6.45) is 6.10. The van der Waals surface area contributed by atoms with Crippen LogP contribution < -0.4 is 0 Å². The molecular formula is C20H18O2. The van der Waals surface area contributed by atoms with Gasteiger partial charge in [-0.25, -0.2) is 4.79 Å². The van der Waals surface area contributed by atoms with E-state index in [1.807, 2.05) is 6.07 Å². The molecule has 22 heavy (non-hydrogen) atoms. The number of hydrogen-bond acceptors (Lipinski definition) is 2. The maximum absolute atomic E-state index is 11.8. The molecule has 4 rings (SSSR count). The summed E-state index contributed by atoms with van der Waals surface area (Å²) >= 11 is 0. The zero-order valence-electron chi connectivity index (χ0n) is 12.5. The normalized spacial score (nSPS) is 17.3. The third-order valence-corrected chi connectivity index (χ3v) is 4.82. The highest BCUT2D eigenvalue weighted by atomic mass is 16.5. The van der Waals surface area contributed by atoms with Crippen LogP contribution in [0.4, 0.5) is 0 Å². The van der Waals surface area contributed by atoms with Gasteiger partial charge in [0.15, 0.2) is 0 Å². The molecule has 2 nitrogen and oxygen atoms in total. The Balaban J connectivity index is 1.95. The van der Waals surface area contributed by atoms with Crippen LogP contribution in [-0.4, -0.2) is 5.97 Å². The highest BCUT2D eigenvalue weighted by molar-refractivity contribution is 6.14. The monoisotopic (exact) mass is 290 g/mol. The van der Waals surface area contributed by atoms with Crippen molar-refractivity contribution in [2.75, 3.05) is 0 Å². The van der Waals surface area contributed by atoms with Crippen molar-refractivity contribution < 1.29 is 9.53 Å². The van der Waals surface area contributed by atoms with Gasteiger partial charge < -0.3 is 4.74 Å². The van der Waals surface area contributed by atoms with E-state index in [1.165, 1.54) is 53.7 Å². The van der Waals surface area contributed by atoms with Gasteiger partial charge in [0.25, 0.3) is 0 Å². The number of ether oxygens (including phenoxy) is 1. The quantitative estimate of drug-likeness (QED) is 0.591. The average molecular weight is 290 g/mol. The van der Waals surface area contributed by atoms with Crippen molar-refractivity contribution in [3.05, 3.63) is 60.2 Å².